The van der Waals surface area contributed by atoms with Gasteiger partial charge in [0.25, 0.3) is 5.91 Å². The molecule has 0 bridgehead atoms. The van der Waals surface area contributed by atoms with Crippen molar-refractivity contribution in [2.24, 2.45) is 0 Å². The van der Waals surface area contributed by atoms with Crippen LogP contribution in [0.2, 0.25) is 0 Å². The Bertz CT molecular complexity index is 660. The van der Waals surface area contributed by atoms with Gasteiger partial charge in [-0.15, -0.1) is 0 Å². The highest BCUT2D eigenvalue weighted by Gasteiger charge is 2.21. The average molecular weight is 382 g/mol. The van der Waals surface area contributed by atoms with Crippen molar-refractivity contribution in [2.45, 2.75) is 20.8 Å². The number of nitrogens with zero attached hydrogens (tertiary/aromatic N) is 1. The average Bonchev–Trinajstić information content (AvgIpc) is 2.32. The Balaban J connectivity index is 2.27. The van der Waals surface area contributed by atoms with E-state index in [9.17, 15) is 4.79 Å². The number of amides is 1. The number of allylic oxidation sites excluding steroid dienone is 3. The predicted molar refractivity (Wildman–Crippen MR) is 87.0 cm³/mol. The minimum Gasteiger partial charge on any atom is -0.466 e. The maximum Gasteiger partial charge on any atom is 0.259 e. The molecule has 1 aromatic heterocycles. The highest BCUT2D eigenvalue weighted by atomic mass is 127. The summed E-state index contributed by atoms with van der Waals surface area (Å²) in [6, 6.07) is 1.83. The molecule has 1 aliphatic rings. The van der Waals surface area contributed by atoms with Crippen LogP contribution in [-0.4, -0.2) is 10.9 Å². The normalized spacial score (nSPS) is 14.8. The fourth-order valence-corrected chi connectivity index (χ4v) is 2.44. The molecule has 0 spiro atoms. The molecule has 2 rings (SSSR count). The van der Waals surface area contributed by atoms with Crippen molar-refractivity contribution in [3.8, 4) is 0 Å². The summed E-state index contributed by atoms with van der Waals surface area (Å²) in [5.41, 5.74) is 2.78. The highest BCUT2D eigenvalue weighted by Crippen LogP contribution is 2.26. The van der Waals surface area contributed by atoms with E-state index in [1.54, 1.807) is 19.2 Å². The van der Waals surface area contributed by atoms with E-state index in [1.165, 1.54) is 0 Å². The zero-order valence-electron chi connectivity index (χ0n) is 11.6. The van der Waals surface area contributed by atoms with E-state index in [0.29, 0.717) is 16.9 Å². The van der Waals surface area contributed by atoms with Crippen LogP contribution in [0.25, 0.3) is 0 Å². The van der Waals surface area contributed by atoms with Crippen molar-refractivity contribution in [3.63, 3.8) is 0 Å². The van der Waals surface area contributed by atoms with Crippen molar-refractivity contribution in [2.75, 3.05) is 5.32 Å². The molecular weight excluding hydrogens is 367 g/mol. The molecule has 104 valence electrons. The Morgan fingerprint density at radius 3 is 2.75 bits per heavy atom. The Kier molecular flexibility index (Phi) is 4.27. The predicted octanol–water partition coefficient (Wildman–Crippen LogP) is 3.70. The number of aryl methyl sites for hydroxylation is 1. The molecule has 20 heavy (non-hydrogen) atoms. The number of carbonyl (C=O) groups is 1. The van der Waals surface area contributed by atoms with Gasteiger partial charge >= 0.3 is 0 Å². The molecule has 5 heteroatoms. The van der Waals surface area contributed by atoms with Crippen molar-refractivity contribution >= 4 is 34.2 Å². The fraction of sp³-hybridized carbons (Fsp3) is 0.200. The number of halogens is 1. The second kappa shape index (κ2) is 5.78. The topological polar surface area (TPSA) is 51.2 Å². The molecule has 0 atom stereocenters. The third-order valence-corrected chi connectivity index (χ3v) is 3.50. The van der Waals surface area contributed by atoms with Crippen molar-refractivity contribution in [1.29, 1.82) is 0 Å². The van der Waals surface area contributed by atoms with E-state index in [1.807, 2.05) is 19.9 Å². The van der Waals surface area contributed by atoms with Gasteiger partial charge in [-0.2, -0.15) is 0 Å². The maximum absolute atomic E-state index is 12.4. The number of hydrogen-bond acceptors (Lipinski definition) is 3. The molecular formula is C15H15IN2O2. The van der Waals surface area contributed by atoms with Gasteiger partial charge in [-0.05, 0) is 66.6 Å². The molecule has 0 radical (unpaired) electrons. The summed E-state index contributed by atoms with van der Waals surface area (Å²) in [5.74, 6) is 1.08. The van der Waals surface area contributed by atoms with E-state index in [2.05, 4.69) is 39.5 Å². The summed E-state index contributed by atoms with van der Waals surface area (Å²) < 4.78 is 6.31. The maximum atomic E-state index is 12.4. The summed E-state index contributed by atoms with van der Waals surface area (Å²) in [5, 5.41) is 2.88. The number of carbonyl (C=O) groups excluding carboxylic acids is 1. The number of anilines is 1. The lowest BCUT2D eigenvalue weighted by atomic mass is 10.0. The van der Waals surface area contributed by atoms with E-state index >= 15 is 0 Å². The number of aromatic nitrogens is 1. The van der Waals surface area contributed by atoms with Gasteiger partial charge in [-0.1, -0.05) is 6.58 Å². The standard InChI is InChI=1S/C15H15IN2O2/c1-8-5-10(3)20-11(4)14(8)15(19)18-12-6-13(16)17-7-9(12)2/h5-7H,1H2,2-4H3,(H,17,18,19). The van der Waals surface area contributed by atoms with Gasteiger partial charge in [-0.3, -0.25) is 4.79 Å². The smallest absolute Gasteiger partial charge is 0.259 e. The zero-order valence-corrected chi connectivity index (χ0v) is 13.7. The first-order chi connectivity index (χ1) is 9.38. The van der Waals surface area contributed by atoms with E-state index in [4.69, 9.17) is 4.74 Å². The number of rotatable bonds is 2. The summed E-state index contributed by atoms with van der Waals surface area (Å²) in [6.07, 6.45) is 3.49. The molecule has 1 aromatic rings. The monoisotopic (exact) mass is 382 g/mol. The second-order valence-electron chi connectivity index (χ2n) is 4.59. The minimum absolute atomic E-state index is 0.221. The van der Waals surface area contributed by atoms with Crippen LogP contribution >= 0.6 is 22.6 Å². The van der Waals surface area contributed by atoms with Gasteiger partial charge in [0.1, 0.15) is 15.2 Å². The van der Waals surface area contributed by atoms with Crippen LogP contribution in [0.15, 0.2) is 47.6 Å². The first-order valence-corrected chi connectivity index (χ1v) is 7.16. The first-order valence-electron chi connectivity index (χ1n) is 6.08. The van der Waals surface area contributed by atoms with Crippen LogP contribution in [0, 0.1) is 10.6 Å². The quantitative estimate of drug-likeness (QED) is 0.627. The molecule has 0 unspecified atom stereocenters. The van der Waals surface area contributed by atoms with Gasteiger partial charge in [0.2, 0.25) is 0 Å². The lowest BCUT2D eigenvalue weighted by Gasteiger charge is -2.19. The molecule has 0 fully saturated rings. The van der Waals surface area contributed by atoms with Gasteiger partial charge in [0, 0.05) is 11.9 Å². The Labute approximate surface area is 131 Å². The molecule has 0 aliphatic carbocycles. The number of nitrogens with one attached hydrogen (secondary N) is 1. The molecule has 1 aliphatic heterocycles. The van der Waals surface area contributed by atoms with Gasteiger partial charge in [0.05, 0.1) is 5.57 Å². The van der Waals surface area contributed by atoms with E-state index in [0.717, 1.165) is 20.7 Å². The highest BCUT2D eigenvalue weighted by molar-refractivity contribution is 14.1. The summed E-state index contributed by atoms with van der Waals surface area (Å²) in [6.45, 7) is 9.40. The third-order valence-electron chi connectivity index (χ3n) is 2.91. The van der Waals surface area contributed by atoms with Crippen molar-refractivity contribution < 1.29 is 9.53 Å². The summed E-state index contributed by atoms with van der Waals surface area (Å²) >= 11 is 2.11. The van der Waals surface area contributed by atoms with Crippen LogP contribution in [0.3, 0.4) is 0 Å². The number of pyridine rings is 1. The third kappa shape index (κ3) is 3.09. The van der Waals surface area contributed by atoms with Crippen LogP contribution < -0.4 is 5.32 Å². The van der Waals surface area contributed by atoms with Crippen LogP contribution in [-0.2, 0) is 9.53 Å². The molecule has 0 saturated heterocycles. The lowest BCUT2D eigenvalue weighted by molar-refractivity contribution is -0.112. The summed E-state index contributed by atoms with van der Waals surface area (Å²) in [4.78, 5) is 16.6. The zero-order chi connectivity index (χ0) is 14.9. The van der Waals surface area contributed by atoms with Gasteiger partial charge in [-0.25, -0.2) is 4.98 Å². The molecule has 2 heterocycles. The first kappa shape index (κ1) is 14.8. The van der Waals surface area contributed by atoms with Crippen LogP contribution in [0.4, 0.5) is 5.69 Å². The number of hydrogen-bond donors (Lipinski definition) is 1. The van der Waals surface area contributed by atoms with Crippen LogP contribution in [0.5, 0.6) is 0 Å². The van der Waals surface area contributed by atoms with Crippen molar-refractivity contribution in [1.82, 2.24) is 4.98 Å². The Morgan fingerprint density at radius 1 is 1.40 bits per heavy atom. The SMILES string of the molecule is C=C1C=C(C)OC(C)=C1C(=O)Nc1cc(I)ncc1C. The molecule has 1 amide bonds. The minimum atomic E-state index is -0.221. The van der Waals surface area contributed by atoms with E-state index in [-0.39, 0.29) is 5.91 Å². The fourth-order valence-electron chi connectivity index (χ4n) is 1.99. The Hall–Kier alpha value is -1.63. The van der Waals surface area contributed by atoms with Gasteiger partial charge < -0.3 is 10.1 Å². The number of ether oxygens (including phenoxy) is 1. The molecule has 4 nitrogen and oxygen atoms in total. The van der Waals surface area contributed by atoms with Crippen molar-refractivity contribution in [3.05, 3.63) is 56.8 Å². The Morgan fingerprint density at radius 2 is 2.10 bits per heavy atom. The summed E-state index contributed by atoms with van der Waals surface area (Å²) in [7, 11) is 0. The molecule has 0 aromatic carbocycles. The lowest BCUT2D eigenvalue weighted by Crippen LogP contribution is -2.19. The van der Waals surface area contributed by atoms with E-state index < -0.39 is 0 Å². The largest absolute Gasteiger partial charge is 0.466 e. The second-order valence-corrected chi connectivity index (χ2v) is 5.69. The molecule has 0 saturated carbocycles. The van der Waals surface area contributed by atoms with Crippen LogP contribution in [0.1, 0.15) is 19.4 Å². The van der Waals surface area contributed by atoms with Gasteiger partial charge in [0.15, 0.2) is 0 Å². The molecule has 1 N–H and O–H groups in total.